The monoisotopic (exact) mass is 230 g/mol. The first kappa shape index (κ1) is 11.8. The van der Waals surface area contributed by atoms with E-state index in [4.69, 9.17) is 0 Å². The number of rotatable bonds is 5. The molecule has 0 unspecified atom stereocenters. The highest BCUT2D eigenvalue weighted by molar-refractivity contribution is 5.25. The van der Waals surface area contributed by atoms with E-state index in [9.17, 15) is 0 Å². The fraction of sp³-hybridized carbons (Fsp3) is 0.385. The summed E-state index contributed by atoms with van der Waals surface area (Å²) >= 11 is 0. The highest BCUT2D eigenvalue weighted by Crippen LogP contribution is 2.05. The Hall–Kier alpha value is -1.68. The molecule has 0 fully saturated rings. The molecule has 0 aliphatic carbocycles. The zero-order chi connectivity index (χ0) is 12.1. The highest BCUT2D eigenvalue weighted by Gasteiger charge is 1.98. The third kappa shape index (κ3) is 3.39. The molecule has 90 valence electrons. The van der Waals surface area contributed by atoms with E-state index in [0.717, 1.165) is 18.9 Å². The number of hydrogen-bond acceptors (Lipinski definition) is 3. The number of nitrogens with one attached hydrogen (secondary N) is 1. The van der Waals surface area contributed by atoms with Gasteiger partial charge in [0.05, 0.1) is 0 Å². The Morgan fingerprint density at radius 1 is 1.35 bits per heavy atom. The van der Waals surface area contributed by atoms with Crippen molar-refractivity contribution in [2.24, 2.45) is 5.92 Å². The summed E-state index contributed by atoms with van der Waals surface area (Å²) in [6.07, 6.45) is 7.29. The normalized spacial score (nSPS) is 11.0. The van der Waals surface area contributed by atoms with Crippen molar-refractivity contribution in [2.45, 2.75) is 20.4 Å². The van der Waals surface area contributed by atoms with Gasteiger partial charge in [0.15, 0.2) is 0 Å². The van der Waals surface area contributed by atoms with Crippen molar-refractivity contribution < 1.29 is 0 Å². The Kier molecular flexibility index (Phi) is 3.88. The van der Waals surface area contributed by atoms with Crippen LogP contribution in [-0.4, -0.2) is 21.1 Å². The van der Waals surface area contributed by atoms with Crippen LogP contribution in [-0.2, 0) is 6.54 Å². The maximum Gasteiger partial charge on any atom is 0.137 e. The highest BCUT2D eigenvalue weighted by atomic mass is 15.1. The van der Waals surface area contributed by atoms with E-state index in [0.29, 0.717) is 5.92 Å². The largest absolute Gasteiger partial charge is 0.312 e. The third-order valence-corrected chi connectivity index (χ3v) is 2.46. The number of aromatic nitrogens is 3. The smallest absolute Gasteiger partial charge is 0.137 e. The number of nitrogens with zero attached hydrogens (tertiary/aromatic N) is 3. The predicted molar refractivity (Wildman–Crippen MR) is 67.9 cm³/mol. The molecule has 0 saturated carbocycles. The van der Waals surface area contributed by atoms with E-state index in [-0.39, 0.29) is 0 Å². The zero-order valence-corrected chi connectivity index (χ0v) is 10.3. The molecule has 1 N–H and O–H groups in total. The van der Waals surface area contributed by atoms with E-state index in [1.807, 2.05) is 23.0 Å². The maximum atomic E-state index is 4.40. The second-order valence-corrected chi connectivity index (χ2v) is 4.52. The van der Waals surface area contributed by atoms with Gasteiger partial charge in [-0.1, -0.05) is 19.9 Å². The lowest BCUT2D eigenvalue weighted by Gasteiger charge is -2.07. The Balaban J connectivity index is 1.94. The predicted octanol–water partition coefficient (Wildman–Crippen LogP) is 2.01. The fourth-order valence-electron chi connectivity index (χ4n) is 1.57. The summed E-state index contributed by atoms with van der Waals surface area (Å²) in [5, 5.41) is 3.40. The summed E-state index contributed by atoms with van der Waals surface area (Å²) in [6, 6.07) is 4.10. The van der Waals surface area contributed by atoms with Gasteiger partial charge in [-0.25, -0.2) is 9.97 Å². The van der Waals surface area contributed by atoms with Gasteiger partial charge in [0.1, 0.15) is 12.1 Å². The van der Waals surface area contributed by atoms with Crippen LogP contribution >= 0.6 is 0 Å². The molecule has 0 bridgehead atoms. The number of imidazole rings is 1. The second kappa shape index (κ2) is 5.59. The summed E-state index contributed by atoms with van der Waals surface area (Å²) in [5.74, 6) is 1.57. The minimum absolute atomic E-state index is 0.674. The lowest BCUT2D eigenvalue weighted by molar-refractivity contribution is 0.552. The van der Waals surface area contributed by atoms with Crippen LogP contribution in [0.15, 0.2) is 37.1 Å². The summed E-state index contributed by atoms with van der Waals surface area (Å²) in [4.78, 5) is 8.40. The fourth-order valence-corrected chi connectivity index (χ4v) is 1.57. The second-order valence-electron chi connectivity index (χ2n) is 4.52. The molecule has 0 spiro atoms. The molecular weight excluding hydrogens is 212 g/mol. The molecule has 4 nitrogen and oxygen atoms in total. The average molecular weight is 230 g/mol. The quantitative estimate of drug-likeness (QED) is 0.854. The van der Waals surface area contributed by atoms with Crippen LogP contribution in [0.5, 0.6) is 0 Å². The zero-order valence-electron chi connectivity index (χ0n) is 10.3. The molecule has 2 aromatic heterocycles. The molecular formula is C13H18N4. The van der Waals surface area contributed by atoms with Crippen LogP contribution < -0.4 is 5.32 Å². The Morgan fingerprint density at radius 2 is 2.24 bits per heavy atom. The Morgan fingerprint density at radius 3 is 2.82 bits per heavy atom. The minimum Gasteiger partial charge on any atom is -0.312 e. The molecule has 2 heterocycles. The summed E-state index contributed by atoms with van der Waals surface area (Å²) in [5.41, 5.74) is 1.20. The van der Waals surface area contributed by atoms with Crippen molar-refractivity contribution in [1.82, 2.24) is 19.9 Å². The molecule has 2 rings (SSSR count). The molecule has 4 heteroatoms. The molecule has 2 aromatic rings. The van der Waals surface area contributed by atoms with Gasteiger partial charge < -0.3 is 5.32 Å². The van der Waals surface area contributed by atoms with Crippen molar-refractivity contribution >= 4 is 0 Å². The molecule has 0 amide bonds. The van der Waals surface area contributed by atoms with Gasteiger partial charge in [0.25, 0.3) is 0 Å². The van der Waals surface area contributed by atoms with Gasteiger partial charge in [-0.3, -0.25) is 4.57 Å². The lowest BCUT2D eigenvalue weighted by atomic mass is 10.2. The van der Waals surface area contributed by atoms with E-state index in [1.54, 1.807) is 12.5 Å². The number of hydrogen-bond donors (Lipinski definition) is 1. The summed E-state index contributed by atoms with van der Waals surface area (Å²) in [6.45, 7) is 6.31. The van der Waals surface area contributed by atoms with Crippen LogP contribution in [0.4, 0.5) is 0 Å². The van der Waals surface area contributed by atoms with Gasteiger partial charge in [-0.15, -0.1) is 0 Å². The minimum atomic E-state index is 0.674. The first-order valence-corrected chi connectivity index (χ1v) is 5.89. The molecule has 0 saturated heterocycles. The first-order chi connectivity index (χ1) is 8.25. The third-order valence-electron chi connectivity index (χ3n) is 2.46. The molecule has 0 aromatic carbocycles. The van der Waals surface area contributed by atoms with Gasteiger partial charge in [0, 0.05) is 25.1 Å². The molecule has 0 atom stereocenters. The van der Waals surface area contributed by atoms with Gasteiger partial charge in [0.2, 0.25) is 0 Å². The van der Waals surface area contributed by atoms with Crippen LogP contribution in [0.3, 0.4) is 0 Å². The van der Waals surface area contributed by atoms with Crippen molar-refractivity contribution in [3.63, 3.8) is 0 Å². The summed E-state index contributed by atoms with van der Waals surface area (Å²) < 4.78 is 1.89. The first-order valence-electron chi connectivity index (χ1n) is 5.89. The average Bonchev–Trinajstić information content (AvgIpc) is 2.83. The summed E-state index contributed by atoms with van der Waals surface area (Å²) in [7, 11) is 0. The van der Waals surface area contributed by atoms with Gasteiger partial charge in [-0.05, 0) is 24.1 Å². The van der Waals surface area contributed by atoms with Gasteiger partial charge >= 0.3 is 0 Å². The van der Waals surface area contributed by atoms with Crippen LogP contribution in [0.1, 0.15) is 19.4 Å². The molecule has 0 aliphatic heterocycles. The van der Waals surface area contributed by atoms with Crippen molar-refractivity contribution in [1.29, 1.82) is 0 Å². The van der Waals surface area contributed by atoms with Crippen molar-refractivity contribution in [3.8, 4) is 5.82 Å². The van der Waals surface area contributed by atoms with Crippen molar-refractivity contribution in [3.05, 3.63) is 42.6 Å². The van der Waals surface area contributed by atoms with E-state index >= 15 is 0 Å². The standard InChI is InChI=1S/C13H18N4/c1-11(2)7-15-8-12-3-4-13(16-9-12)17-6-5-14-10-17/h3-6,9-11,15H,7-8H2,1-2H3. The maximum absolute atomic E-state index is 4.40. The van der Waals surface area contributed by atoms with E-state index < -0.39 is 0 Å². The van der Waals surface area contributed by atoms with Gasteiger partial charge in [-0.2, -0.15) is 0 Å². The number of pyridine rings is 1. The van der Waals surface area contributed by atoms with E-state index in [1.165, 1.54) is 5.56 Å². The Labute approximate surface area is 102 Å². The van der Waals surface area contributed by atoms with Crippen molar-refractivity contribution in [2.75, 3.05) is 6.54 Å². The van der Waals surface area contributed by atoms with E-state index in [2.05, 4.69) is 35.2 Å². The van der Waals surface area contributed by atoms with Crippen LogP contribution in [0, 0.1) is 5.92 Å². The van der Waals surface area contributed by atoms with Crippen LogP contribution in [0.2, 0.25) is 0 Å². The SMILES string of the molecule is CC(C)CNCc1ccc(-n2ccnc2)nc1. The molecule has 0 radical (unpaired) electrons. The lowest BCUT2D eigenvalue weighted by Crippen LogP contribution is -2.19. The van der Waals surface area contributed by atoms with Crippen LogP contribution in [0.25, 0.3) is 5.82 Å². The topological polar surface area (TPSA) is 42.7 Å². The Bertz CT molecular complexity index is 431. The molecule has 0 aliphatic rings. The molecule has 17 heavy (non-hydrogen) atoms.